The van der Waals surface area contributed by atoms with Crippen molar-refractivity contribution in [2.75, 3.05) is 20.1 Å². The third-order valence-corrected chi connectivity index (χ3v) is 4.55. The van der Waals surface area contributed by atoms with Crippen LogP contribution in [0.15, 0.2) is 0 Å². The van der Waals surface area contributed by atoms with Gasteiger partial charge in [-0.15, -0.1) is 0 Å². The van der Waals surface area contributed by atoms with Crippen molar-refractivity contribution in [3.05, 3.63) is 0 Å². The molecule has 3 unspecified atom stereocenters. The van der Waals surface area contributed by atoms with Gasteiger partial charge in [-0.25, -0.2) is 0 Å². The molecule has 2 bridgehead atoms. The van der Waals surface area contributed by atoms with Crippen LogP contribution in [0.1, 0.15) is 45.4 Å². The van der Waals surface area contributed by atoms with E-state index in [1.165, 1.54) is 12.8 Å². The molecule has 0 spiro atoms. The minimum atomic E-state index is 0.212. The maximum atomic E-state index is 12.2. The van der Waals surface area contributed by atoms with Crippen molar-refractivity contribution >= 4 is 5.91 Å². The number of amides is 1. The lowest BCUT2D eigenvalue weighted by Gasteiger charge is -2.26. The van der Waals surface area contributed by atoms with E-state index in [4.69, 9.17) is 5.73 Å². The first-order chi connectivity index (χ1) is 8.58. The van der Waals surface area contributed by atoms with E-state index in [1.807, 2.05) is 6.92 Å². The van der Waals surface area contributed by atoms with E-state index >= 15 is 0 Å². The van der Waals surface area contributed by atoms with E-state index in [9.17, 15) is 4.79 Å². The molecule has 4 nitrogen and oxygen atoms in total. The lowest BCUT2D eigenvalue weighted by molar-refractivity contribution is -0.131. The Kier molecular flexibility index (Phi) is 4.62. The van der Waals surface area contributed by atoms with Gasteiger partial charge in [-0.3, -0.25) is 9.69 Å². The quantitative estimate of drug-likeness (QED) is 0.819. The lowest BCUT2D eigenvalue weighted by atomic mass is 10.1. The zero-order chi connectivity index (χ0) is 13.1. The van der Waals surface area contributed by atoms with Crippen LogP contribution in [0.2, 0.25) is 0 Å². The van der Waals surface area contributed by atoms with Gasteiger partial charge in [0.25, 0.3) is 0 Å². The van der Waals surface area contributed by atoms with Gasteiger partial charge in [-0.05, 0) is 46.1 Å². The first-order valence-corrected chi connectivity index (χ1v) is 7.33. The molecule has 2 N–H and O–H groups in total. The topological polar surface area (TPSA) is 49.6 Å². The molecule has 2 fully saturated rings. The average molecular weight is 253 g/mol. The molecule has 2 saturated heterocycles. The monoisotopic (exact) mass is 253 g/mol. The van der Waals surface area contributed by atoms with Crippen molar-refractivity contribution in [1.82, 2.24) is 9.80 Å². The first-order valence-electron chi connectivity index (χ1n) is 7.33. The molecule has 3 atom stereocenters. The highest BCUT2D eigenvalue weighted by atomic mass is 16.2. The fraction of sp³-hybridized carbons (Fsp3) is 0.929. The molecular weight excluding hydrogens is 226 g/mol. The second kappa shape index (κ2) is 6.02. The predicted molar refractivity (Wildman–Crippen MR) is 73.3 cm³/mol. The molecule has 0 aromatic rings. The highest BCUT2D eigenvalue weighted by molar-refractivity contribution is 5.76. The number of carbonyl (C=O) groups excluding carboxylic acids is 1. The van der Waals surface area contributed by atoms with E-state index < -0.39 is 0 Å². The fourth-order valence-electron chi connectivity index (χ4n) is 3.27. The van der Waals surface area contributed by atoms with Crippen LogP contribution in [0.3, 0.4) is 0 Å². The zero-order valence-corrected chi connectivity index (χ0v) is 11.8. The number of likely N-dealkylation sites (tertiary alicyclic amines) is 1. The minimum Gasteiger partial charge on any atom is -0.341 e. The number of fused-ring (bicyclic) bond motifs is 2. The van der Waals surface area contributed by atoms with Crippen LogP contribution in [-0.4, -0.2) is 54.0 Å². The van der Waals surface area contributed by atoms with Crippen LogP contribution in [0, 0.1) is 0 Å². The summed E-state index contributed by atoms with van der Waals surface area (Å²) in [6.45, 7) is 3.89. The van der Waals surface area contributed by atoms with Crippen LogP contribution in [0.4, 0.5) is 0 Å². The Morgan fingerprint density at radius 3 is 2.78 bits per heavy atom. The number of nitrogens with two attached hydrogens (primary N) is 1. The Morgan fingerprint density at radius 1 is 1.33 bits per heavy atom. The summed E-state index contributed by atoms with van der Waals surface area (Å²) >= 11 is 0. The Hall–Kier alpha value is -0.610. The molecule has 0 aliphatic carbocycles. The van der Waals surface area contributed by atoms with Gasteiger partial charge in [0.2, 0.25) is 5.91 Å². The van der Waals surface area contributed by atoms with Gasteiger partial charge >= 0.3 is 0 Å². The Morgan fingerprint density at radius 2 is 2.06 bits per heavy atom. The molecule has 2 rings (SSSR count). The van der Waals surface area contributed by atoms with E-state index in [-0.39, 0.29) is 6.04 Å². The zero-order valence-electron chi connectivity index (χ0n) is 11.8. The van der Waals surface area contributed by atoms with Gasteiger partial charge in [-0.1, -0.05) is 0 Å². The Bertz CT molecular complexity index is 293. The van der Waals surface area contributed by atoms with Crippen LogP contribution >= 0.6 is 0 Å². The second-order valence-electron chi connectivity index (χ2n) is 6.05. The van der Waals surface area contributed by atoms with Crippen molar-refractivity contribution in [2.45, 2.75) is 63.6 Å². The minimum absolute atomic E-state index is 0.212. The van der Waals surface area contributed by atoms with Gasteiger partial charge in [-0.2, -0.15) is 0 Å². The third-order valence-electron chi connectivity index (χ3n) is 4.55. The van der Waals surface area contributed by atoms with Crippen molar-refractivity contribution in [3.63, 3.8) is 0 Å². The maximum absolute atomic E-state index is 12.2. The highest BCUT2D eigenvalue weighted by Gasteiger charge is 2.35. The van der Waals surface area contributed by atoms with Crippen LogP contribution in [0.25, 0.3) is 0 Å². The van der Waals surface area contributed by atoms with Gasteiger partial charge in [0.05, 0.1) is 0 Å². The lowest BCUT2D eigenvalue weighted by Crippen LogP contribution is -2.39. The summed E-state index contributed by atoms with van der Waals surface area (Å²) in [6.07, 6.45) is 6.26. The molecule has 4 heteroatoms. The normalized spacial score (nSPS) is 30.3. The fourth-order valence-corrected chi connectivity index (χ4v) is 3.27. The molecule has 2 aliphatic rings. The number of rotatable bonds is 4. The molecular formula is C14H27N3O. The number of likely N-dealkylation sites (N-methyl/N-ethyl adjacent to an activating group) is 1. The van der Waals surface area contributed by atoms with E-state index in [0.29, 0.717) is 24.4 Å². The predicted octanol–water partition coefficient (Wildman–Crippen LogP) is 1.20. The summed E-state index contributed by atoms with van der Waals surface area (Å²) in [7, 11) is 2.21. The summed E-state index contributed by atoms with van der Waals surface area (Å²) in [4.78, 5) is 16.7. The summed E-state index contributed by atoms with van der Waals surface area (Å²) in [5, 5.41) is 0. The summed E-state index contributed by atoms with van der Waals surface area (Å²) < 4.78 is 0. The second-order valence-corrected chi connectivity index (χ2v) is 6.05. The van der Waals surface area contributed by atoms with Gasteiger partial charge in [0, 0.05) is 37.6 Å². The molecule has 0 aromatic carbocycles. The molecule has 0 saturated carbocycles. The highest BCUT2D eigenvalue weighted by Crippen LogP contribution is 2.28. The van der Waals surface area contributed by atoms with Crippen LogP contribution < -0.4 is 5.73 Å². The SMILES string of the molecule is CC(N)CCCC(=O)N1CCC2CCC(C1)N2C. The molecule has 18 heavy (non-hydrogen) atoms. The largest absolute Gasteiger partial charge is 0.341 e. The van der Waals surface area contributed by atoms with E-state index in [0.717, 1.165) is 32.4 Å². The molecule has 2 aliphatic heterocycles. The summed E-state index contributed by atoms with van der Waals surface area (Å²) in [5.41, 5.74) is 5.72. The van der Waals surface area contributed by atoms with E-state index in [1.54, 1.807) is 0 Å². The number of carbonyl (C=O) groups is 1. The molecule has 0 aromatic heterocycles. The van der Waals surface area contributed by atoms with Crippen molar-refractivity contribution in [3.8, 4) is 0 Å². The van der Waals surface area contributed by atoms with Crippen molar-refractivity contribution in [2.24, 2.45) is 5.73 Å². The average Bonchev–Trinajstić information content (AvgIpc) is 2.52. The van der Waals surface area contributed by atoms with Crippen molar-refractivity contribution < 1.29 is 4.79 Å². The van der Waals surface area contributed by atoms with Crippen molar-refractivity contribution in [1.29, 1.82) is 0 Å². The van der Waals surface area contributed by atoms with E-state index in [2.05, 4.69) is 16.8 Å². The number of hydrogen-bond donors (Lipinski definition) is 1. The van der Waals surface area contributed by atoms with Gasteiger partial charge in [0.1, 0.15) is 0 Å². The Labute approximate surface area is 110 Å². The third kappa shape index (κ3) is 3.23. The molecule has 104 valence electrons. The smallest absolute Gasteiger partial charge is 0.222 e. The first kappa shape index (κ1) is 13.8. The van der Waals surface area contributed by atoms with Crippen LogP contribution in [-0.2, 0) is 4.79 Å². The molecule has 1 amide bonds. The number of hydrogen-bond acceptors (Lipinski definition) is 3. The maximum Gasteiger partial charge on any atom is 0.222 e. The summed E-state index contributed by atoms with van der Waals surface area (Å²) in [5.74, 6) is 0.330. The number of nitrogens with zero attached hydrogens (tertiary/aromatic N) is 2. The van der Waals surface area contributed by atoms with Gasteiger partial charge in [0.15, 0.2) is 0 Å². The van der Waals surface area contributed by atoms with Crippen LogP contribution in [0.5, 0.6) is 0 Å². The molecule has 0 radical (unpaired) electrons. The standard InChI is InChI=1S/C14H27N3O/c1-11(15)4-3-5-14(18)17-9-8-12-6-7-13(10-17)16(12)2/h11-13H,3-10,15H2,1-2H3. The Balaban J connectivity index is 1.80. The summed E-state index contributed by atoms with van der Waals surface area (Å²) in [6, 6.07) is 1.51. The van der Waals surface area contributed by atoms with Gasteiger partial charge < -0.3 is 10.6 Å². The molecule has 2 heterocycles.